The number of carbonyl (C=O) groups excluding carboxylic acids is 2. The van der Waals surface area contributed by atoms with Crippen molar-refractivity contribution in [2.75, 3.05) is 13.1 Å². The molecule has 1 fully saturated rings. The molecule has 1 saturated heterocycles. The molecule has 2 aromatic carbocycles. The van der Waals surface area contributed by atoms with Crippen molar-refractivity contribution in [2.24, 2.45) is 5.92 Å². The van der Waals surface area contributed by atoms with Crippen molar-refractivity contribution in [3.63, 3.8) is 0 Å². The summed E-state index contributed by atoms with van der Waals surface area (Å²) in [6.07, 6.45) is 3.10. The van der Waals surface area contributed by atoms with Crippen LogP contribution in [0.3, 0.4) is 0 Å². The van der Waals surface area contributed by atoms with Gasteiger partial charge < -0.3 is 10.2 Å². The summed E-state index contributed by atoms with van der Waals surface area (Å²) in [5.41, 5.74) is 3.05. The Labute approximate surface area is 161 Å². The van der Waals surface area contributed by atoms with Gasteiger partial charge in [-0.05, 0) is 56.7 Å². The molecule has 0 saturated carbocycles. The molecule has 0 spiro atoms. The first kappa shape index (κ1) is 19.2. The van der Waals surface area contributed by atoms with E-state index in [2.05, 4.69) is 29.6 Å². The largest absolute Gasteiger partial charge is 0.341 e. The van der Waals surface area contributed by atoms with Gasteiger partial charge in [0.25, 0.3) is 5.91 Å². The molecule has 4 heteroatoms. The average Bonchev–Trinajstić information content (AvgIpc) is 2.69. The minimum absolute atomic E-state index is 0.00798. The van der Waals surface area contributed by atoms with Crippen LogP contribution in [0, 0.1) is 12.8 Å². The van der Waals surface area contributed by atoms with Gasteiger partial charge in [0.1, 0.15) is 6.04 Å². The van der Waals surface area contributed by atoms with Crippen molar-refractivity contribution < 1.29 is 9.59 Å². The van der Waals surface area contributed by atoms with Crippen molar-refractivity contribution in [2.45, 2.75) is 39.2 Å². The van der Waals surface area contributed by atoms with E-state index in [0.29, 0.717) is 11.5 Å². The number of nitrogens with zero attached hydrogens (tertiary/aromatic N) is 1. The maximum atomic E-state index is 12.7. The summed E-state index contributed by atoms with van der Waals surface area (Å²) in [5.74, 6) is 0.428. The van der Waals surface area contributed by atoms with Gasteiger partial charge in [-0.1, -0.05) is 48.0 Å². The Morgan fingerprint density at radius 1 is 1.04 bits per heavy atom. The maximum absolute atomic E-state index is 12.7. The van der Waals surface area contributed by atoms with Crippen LogP contribution in [0.15, 0.2) is 54.6 Å². The van der Waals surface area contributed by atoms with Crippen LogP contribution in [-0.2, 0) is 11.2 Å². The fraction of sp³-hybridized carbons (Fsp3) is 0.391. The smallest absolute Gasteiger partial charge is 0.251 e. The number of hydrogen-bond acceptors (Lipinski definition) is 2. The molecular weight excluding hydrogens is 336 g/mol. The summed E-state index contributed by atoms with van der Waals surface area (Å²) < 4.78 is 0. The lowest BCUT2D eigenvalue weighted by Crippen LogP contribution is -2.49. The Balaban J connectivity index is 1.48. The fourth-order valence-corrected chi connectivity index (χ4v) is 3.63. The molecule has 1 atom stereocenters. The number of likely N-dealkylation sites (tertiary alicyclic amines) is 1. The standard InChI is InChI=1S/C23H28N2O2/c1-17-8-10-21(11-9-17)22(26)24-18(2)23(27)25-14-12-20(13-15-25)16-19-6-4-3-5-7-19/h3-11,18,20H,12-16H2,1-2H3,(H,24,26)/t18-/m0/s1. The number of rotatable bonds is 5. The van der Waals surface area contributed by atoms with Crippen LogP contribution in [0.4, 0.5) is 0 Å². The molecule has 1 N–H and O–H groups in total. The summed E-state index contributed by atoms with van der Waals surface area (Å²) in [5, 5.41) is 2.83. The van der Waals surface area contributed by atoms with Crippen LogP contribution in [0.5, 0.6) is 0 Å². The first-order valence-corrected chi connectivity index (χ1v) is 9.73. The molecule has 0 radical (unpaired) electrons. The normalized spacial score (nSPS) is 16.0. The summed E-state index contributed by atoms with van der Waals surface area (Å²) >= 11 is 0. The number of carbonyl (C=O) groups is 2. The highest BCUT2D eigenvalue weighted by molar-refractivity contribution is 5.97. The minimum atomic E-state index is -0.510. The minimum Gasteiger partial charge on any atom is -0.341 e. The van der Waals surface area contributed by atoms with Gasteiger partial charge in [0.05, 0.1) is 0 Å². The van der Waals surface area contributed by atoms with Crippen molar-refractivity contribution in [3.05, 3.63) is 71.3 Å². The number of amides is 2. The zero-order valence-electron chi connectivity index (χ0n) is 16.2. The van der Waals surface area contributed by atoms with Gasteiger partial charge in [-0.25, -0.2) is 0 Å². The SMILES string of the molecule is Cc1ccc(C(=O)N[C@@H](C)C(=O)N2CCC(Cc3ccccc3)CC2)cc1. The van der Waals surface area contributed by atoms with E-state index in [4.69, 9.17) is 0 Å². The molecule has 2 amide bonds. The van der Waals surface area contributed by atoms with Crippen LogP contribution in [-0.4, -0.2) is 35.8 Å². The van der Waals surface area contributed by atoms with Crippen molar-refractivity contribution >= 4 is 11.8 Å². The zero-order chi connectivity index (χ0) is 19.2. The lowest BCUT2D eigenvalue weighted by atomic mass is 9.90. The molecule has 27 heavy (non-hydrogen) atoms. The highest BCUT2D eigenvalue weighted by Gasteiger charge is 2.27. The van der Waals surface area contributed by atoms with Crippen molar-refractivity contribution in [1.29, 1.82) is 0 Å². The molecule has 1 aliphatic heterocycles. The molecule has 0 aliphatic carbocycles. The summed E-state index contributed by atoms with van der Waals surface area (Å²) in [7, 11) is 0. The Hall–Kier alpha value is -2.62. The second-order valence-electron chi connectivity index (χ2n) is 7.52. The van der Waals surface area contributed by atoms with Crippen LogP contribution >= 0.6 is 0 Å². The lowest BCUT2D eigenvalue weighted by Gasteiger charge is -2.33. The van der Waals surface area contributed by atoms with Gasteiger partial charge >= 0.3 is 0 Å². The quantitative estimate of drug-likeness (QED) is 0.881. The maximum Gasteiger partial charge on any atom is 0.251 e. The molecule has 1 aliphatic rings. The van der Waals surface area contributed by atoms with Gasteiger partial charge in [0.2, 0.25) is 5.91 Å². The number of piperidine rings is 1. The number of nitrogens with one attached hydrogen (secondary N) is 1. The Kier molecular flexibility index (Phi) is 6.28. The molecule has 1 heterocycles. The molecule has 0 aromatic heterocycles. The molecular formula is C23H28N2O2. The second-order valence-corrected chi connectivity index (χ2v) is 7.52. The summed E-state index contributed by atoms with van der Waals surface area (Å²) in [6, 6.07) is 17.4. The van der Waals surface area contributed by atoms with E-state index in [1.54, 1.807) is 19.1 Å². The molecule has 0 bridgehead atoms. The van der Waals surface area contributed by atoms with Crippen LogP contribution in [0.1, 0.15) is 41.3 Å². The highest BCUT2D eigenvalue weighted by Crippen LogP contribution is 2.22. The fourth-order valence-electron chi connectivity index (χ4n) is 3.63. The molecule has 0 unspecified atom stereocenters. The Morgan fingerprint density at radius 3 is 2.30 bits per heavy atom. The van der Waals surface area contributed by atoms with Gasteiger partial charge in [-0.3, -0.25) is 9.59 Å². The Bertz CT molecular complexity index is 763. The average molecular weight is 364 g/mol. The van der Waals surface area contributed by atoms with E-state index < -0.39 is 6.04 Å². The second kappa shape index (κ2) is 8.85. The van der Waals surface area contributed by atoms with Crippen LogP contribution < -0.4 is 5.32 Å². The van der Waals surface area contributed by atoms with Crippen LogP contribution in [0.2, 0.25) is 0 Å². The van der Waals surface area contributed by atoms with Gasteiger partial charge in [-0.15, -0.1) is 0 Å². The first-order chi connectivity index (χ1) is 13.0. The van der Waals surface area contributed by atoms with E-state index in [0.717, 1.165) is 37.9 Å². The van der Waals surface area contributed by atoms with E-state index in [1.165, 1.54) is 5.56 Å². The van der Waals surface area contributed by atoms with Crippen LogP contribution in [0.25, 0.3) is 0 Å². The molecule has 4 nitrogen and oxygen atoms in total. The first-order valence-electron chi connectivity index (χ1n) is 9.73. The molecule has 2 aromatic rings. The van der Waals surface area contributed by atoms with Gasteiger partial charge in [0.15, 0.2) is 0 Å². The zero-order valence-corrected chi connectivity index (χ0v) is 16.2. The van der Waals surface area contributed by atoms with E-state index in [1.807, 2.05) is 30.0 Å². The van der Waals surface area contributed by atoms with Gasteiger partial charge in [-0.2, -0.15) is 0 Å². The third kappa shape index (κ3) is 5.19. The third-order valence-electron chi connectivity index (χ3n) is 5.33. The third-order valence-corrected chi connectivity index (χ3v) is 5.33. The number of aryl methyl sites for hydroxylation is 1. The van der Waals surface area contributed by atoms with E-state index in [9.17, 15) is 9.59 Å². The molecule has 3 rings (SSSR count). The van der Waals surface area contributed by atoms with Crippen molar-refractivity contribution in [3.8, 4) is 0 Å². The molecule has 142 valence electrons. The summed E-state index contributed by atoms with van der Waals surface area (Å²) in [4.78, 5) is 26.9. The number of benzene rings is 2. The topological polar surface area (TPSA) is 49.4 Å². The lowest BCUT2D eigenvalue weighted by molar-refractivity contribution is -0.134. The predicted molar refractivity (Wildman–Crippen MR) is 108 cm³/mol. The van der Waals surface area contributed by atoms with Crippen molar-refractivity contribution in [1.82, 2.24) is 10.2 Å². The Morgan fingerprint density at radius 2 is 1.67 bits per heavy atom. The highest BCUT2D eigenvalue weighted by atomic mass is 16.2. The number of hydrogen-bond donors (Lipinski definition) is 1. The predicted octanol–water partition coefficient (Wildman–Crippen LogP) is 3.59. The van der Waals surface area contributed by atoms with E-state index >= 15 is 0 Å². The van der Waals surface area contributed by atoms with Gasteiger partial charge in [0, 0.05) is 18.7 Å². The summed E-state index contributed by atoms with van der Waals surface area (Å²) in [6.45, 7) is 5.28. The monoisotopic (exact) mass is 364 g/mol. The van der Waals surface area contributed by atoms with E-state index in [-0.39, 0.29) is 11.8 Å².